The summed E-state index contributed by atoms with van der Waals surface area (Å²) >= 11 is 0. The Labute approximate surface area is 89.7 Å². The number of amides is 1. The zero-order chi connectivity index (χ0) is 11.2. The second kappa shape index (κ2) is 3.08. The zero-order valence-corrected chi connectivity index (χ0v) is 9.66. The van der Waals surface area contributed by atoms with E-state index in [0.29, 0.717) is 0 Å². The Morgan fingerprint density at radius 3 is 2.73 bits per heavy atom. The van der Waals surface area contributed by atoms with Gasteiger partial charge in [0.15, 0.2) is 0 Å². The first-order valence-corrected chi connectivity index (χ1v) is 5.34. The number of hydrogen-bond acceptors (Lipinski definition) is 2. The number of hydrogen-bond donors (Lipinski definition) is 1. The predicted octanol–water partition coefficient (Wildman–Crippen LogP) is 2.08. The van der Waals surface area contributed by atoms with Crippen molar-refractivity contribution in [1.82, 2.24) is 9.78 Å². The highest BCUT2D eigenvalue weighted by Crippen LogP contribution is 2.31. The molecule has 1 amide bonds. The second-order valence-electron chi connectivity index (χ2n) is 5.02. The lowest BCUT2D eigenvalue weighted by Crippen LogP contribution is -2.18. The number of rotatable bonds is 1. The Kier molecular flexibility index (Phi) is 2.10. The minimum absolute atomic E-state index is 0.0281. The van der Waals surface area contributed by atoms with E-state index in [0.717, 1.165) is 17.9 Å². The van der Waals surface area contributed by atoms with Crippen LogP contribution in [-0.2, 0) is 10.2 Å². The van der Waals surface area contributed by atoms with Crippen molar-refractivity contribution in [3.8, 4) is 0 Å². The molecular formula is C11H17N3O. The molecule has 0 aromatic carbocycles. The Bertz CT molecular complexity index is 400. The quantitative estimate of drug-likeness (QED) is 0.766. The molecule has 82 valence electrons. The summed E-state index contributed by atoms with van der Waals surface area (Å²) in [6.07, 6.45) is 0.782. The average Bonchev–Trinajstić information content (AvgIpc) is 2.59. The molecule has 0 fully saturated rings. The van der Waals surface area contributed by atoms with E-state index >= 15 is 0 Å². The fourth-order valence-electron chi connectivity index (χ4n) is 1.77. The number of carbonyl (C=O) groups excluding carboxylic acids is 1. The summed E-state index contributed by atoms with van der Waals surface area (Å²) in [7, 11) is 0. The normalized spacial score (nSPS) is 20.3. The summed E-state index contributed by atoms with van der Waals surface area (Å²) < 4.78 is 1.81. The third-order valence-electron chi connectivity index (χ3n) is 2.74. The van der Waals surface area contributed by atoms with Crippen LogP contribution in [0.15, 0.2) is 6.07 Å². The fraction of sp³-hybridized carbons (Fsp3) is 0.636. The summed E-state index contributed by atoms with van der Waals surface area (Å²) in [6, 6.07) is 1.84. The standard InChI is InChI=1S/C11H17N3O/c1-5-7-10(15)12-9-6-8(11(2,3)4)13-14(7)9/h6-7H,5H2,1-4H3,(H,12,15)/t7-/m1/s1. The van der Waals surface area contributed by atoms with E-state index in [4.69, 9.17) is 0 Å². The highest BCUT2D eigenvalue weighted by molar-refractivity contribution is 5.96. The van der Waals surface area contributed by atoms with E-state index in [1.165, 1.54) is 0 Å². The third-order valence-corrected chi connectivity index (χ3v) is 2.74. The predicted molar refractivity (Wildman–Crippen MR) is 58.9 cm³/mol. The number of aromatic nitrogens is 2. The van der Waals surface area contributed by atoms with Crippen LogP contribution in [0.2, 0.25) is 0 Å². The van der Waals surface area contributed by atoms with E-state index in [2.05, 4.69) is 31.2 Å². The van der Waals surface area contributed by atoms with Crippen LogP contribution in [0.3, 0.4) is 0 Å². The molecule has 0 radical (unpaired) electrons. The number of anilines is 1. The monoisotopic (exact) mass is 207 g/mol. The van der Waals surface area contributed by atoms with Crippen molar-refractivity contribution >= 4 is 11.7 Å². The second-order valence-corrected chi connectivity index (χ2v) is 5.02. The Hall–Kier alpha value is -1.32. The largest absolute Gasteiger partial charge is 0.309 e. The lowest BCUT2D eigenvalue weighted by Gasteiger charge is -2.15. The summed E-state index contributed by atoms with van der Waals surface area (Å²) in [5.41, 5.74) is 1.05. The average molecular weight is 207 g/mol. The molecule has 0 spiro atoms. The molecule has 0 bridgehead atoms. The summed E-state index contributed by atoms with van der Waals surface area (Å²) in [4.78, 5) is 11.5. The number of fused-ring (bicyclic) bond motifs is 1. The van der Waals surface area contributed by atoms with Gasteiger partial charge in [0.1, 0.15) is 11.9 Å². The summed E-state index contributed by atoms with van der Waals surface area (Å²) in [6.45, 7) is 8.35. The molecule has 0 saturated heterocycles. The Balaban J connectivity index is 2.41. The molecule has 1 atom stereocenters. The molecule has 0 saturated carbocycles. The van der Waals surface area contributed by atoms with Crippen LogP contribution in [-0.4, -0.2) is 15.7 Å². The zero-order valence-electron chi connectivity index (χ0n) is 9.66. The number of nitrogens with zero attached hydrogens (tertiary/aromatic N) is 2. The van der Waals surface area contributed by atoms with Gasteiger partial charge in [0.2, 0.25) is 5.91 Å². The lowest BCUT2D eigenvalue weighted by atomic mass is 9.92. The van der Waals surface area contributed by atoms with Gasteiger partial charge in [-0.3, -0.25) is 4.79 Å². The van der Waals surface area contributed by atoms with Crippen LogP contribution < -0.4 is 5.32 Å². The van der Waals surface area contributed by atoms with Gasteiger partial charge in [0, 0.05) is 11.5 Å². The van der Waals surface area contributed by atoms with Gasteiger partial charge in [-0.05, 0) is 6.42 Å². The molecule has 2 rings (SSSR count). The fourth-order valence-corrected chi connectivity index (χ4v) is 1.77. The van der Waals surface area contributed by atoms with Gasteiger partial charge in [-0.2, -0.15) is 5.10 Å². The molecule has 1 aromatic heterocycles. The molecule has 2 heterocycles. The van der Waals surface area contributed by atoms with Crippen molar-refractivity contribution in [3.63, 3.8) is 0 Å². The van der Waals surface area contributed by atoms with E-state index in [1.807, 2.05) is 17.7 Å². The molecular weight excluding hydrogens is 190 g/mol. The highest BCUT2D eigenvalue weighted by atomic mass is 16.2. The number of nitrogens with one attached hydrogen (secondary N) is 1. The van der Waals surface area contributed by atoms with E-state index in [9.17, 15) is 4.79 Å². The molecule has 1 aliphatic heterocycles. The lowest BCUT2D eigenvalue weighted by molar-refractivity contribution is -0.118. The maximum atomic E-state index is 11.5. The molecule has 0 unspecified atom stereocenters. The third kappa shape index (κ3) is 1.54. The van der Waals surface area contributed by atoms with Crippen LogP contribution in [0.4, 0.5) is 5.82 Å². The van der Waals surface area contributed by atoms with Crippen molar-refractivity contribution in [2.45, 2.75) is 45.6 Å². The van der Waals surface area contributed by atoms with Gasteiger partial charge in [0.05, 0.1) is 5.69 Å². The molecule has 1 N–H and O–H groups in total. The van der Waals surface area contributed by atoms with E-state index in [1.54, 1.807) is 0 Å². The summed E-state index contributed by atoms with van der Waals surface area (Å²) in [5, 5.41) is 7.35. The molecule has 0 aliphatic carbocycles. The number of carbonyl (C=O) groups is 1. The van der Waals surface area contributed by atoms with Gasteiger partial charge >= 0.3 is 0 Å². The van der Waals surface area contributed by atoms with E-state index in [-0.39, 0.29) is 17.4 Å². The van der Waals surface area contributed by atoms with Crippen LogP contribution in [0, 0.1) is 0 Å². The molecule has 1 aliphatic rings. The minimum atomic E-state index is -0.129. The van der Waals surface area contributed by atoms with Crippen LogP contribution in [0.1, 0.15) is 45.9 Å². The Morgan fingerprint density at radius 1 is 1.53 bits per heavy atom. The topological polar surface area (TPSA) is 46.9 Å². The Morgan fingerprint density at radius 2 is 2.20 bits per heavy atom. The van der Waals surface area contributed by atoms with Crippen molar-refractivity contribution < 1.29 is 4.79 Å². The molecule has 15 heavy (non-hydrogen) atoms. The van der Waals surface area contributed by atoms with Crippen LogP contribution in [0.25, 0.3) is 0 Å². The van der Waals surface area contributed by atoms with Crippen molar-refractivity contribution in [3.05, 3.63) is 11.8 Å². The van der Waals surface area contributed by atoms with Crippen molar-refractivity contribution in [2.75, 3.05) is 5.32 Å². The molecule has 4 nitrogen and oxygen atoms in total. The smallest absolute Gasteiger partial charge is 0.250 e. The maximum absolute atomic E-state index is 11.5. The summed E-state index contributed by atoms with van der Waals surface area (Å²) in [5.74, 6) is 0.886. The van der Waals surface area contributed by atoms with Gasteiger partial charge in [-0.1, -0.05) is 27.7 Å². The van der Waals surface area contributed by atoms with Gasteiger partial charge in [-0.15, -0.1) is 0 Å². The first-order valence-electron chi connectivity index (χ1n) is 5.34. The van der Waals surface area contributed by atoms with E-state index < -0.39 is 0 Å². The molecule has 4 heteroatoms. The minimum Gasteiger partial charge on any atom is -0.309 e. The van der Waals surface area contributed by atoms with Crippen LogP contribution >= 0.6 is 0 Å². The van der Waals surface area contributed by atoms with Gasteiger partial charge < -0.3 is 5.32 Å². The van der Waals surface area contributed by atoms with Crippen LogP contribution in [0.5, 0.6) is 0 Å². The molecule has 1 aromatic rings. The maximum Gasteiger partial charge on any atom is 0.250 e. The SMILES string of the molecule is CC[C@@H]1C(=O)Nc2cc(C(C)(C)C)nn21. The van der Waals surface area contributed by atoms with Crippen molar-refractivity contribution in [2.24, 2.45) is 0 Å². The van der Waals surface area contributed by atoms with Gasteiger partial charge in [0.25, 0.3) is 0 Å². The van der Waals surface area contributed by atoms with Crippen molar-refractivity contribution in [1.29, 1.82) is 0 Å². The first kappa shape index (κ1) is 10.2. The highest BCUT2D eigenvalue weighted by Gasteiger charge is 2.32. The van der Waals surface area contributed by atoms with Gasteiger partial charge in [-0.25, -0.2) is 4.68 Å². The first-order chi connectivity index (χ1) is 6.93.